The summed E-state index contributed by atoms with van der Waals surface area (Å²) < 4.78 is 0. The van der Waals surface area contributed by atoms with Crippen LogP contribution in [0.2, 0.25) is 0 Å². The van der Waals surface area contributed by atoms with E-state index in [0.717, 1.165) is 0 Å². The first-order valence-corrected chi connectivity index (χ1v) is 5.75. The lowest BCUT2D eigenvalue weighted by atomic mass is 10.0. The third-order valence-corrected chi connectivity index (χ3v) is 3.06. The Bertz CT molecular complexity index is 433. The highest BCUT2D eigenvalue weighted by molar-refractivity contribution is 7.98. The third kappa shape index (κ3) is 2.52. The molecule has 1 rings (SSSR count). The van der Waals surface area contributed by atoms with Crippen LogP contribution in [0, 0.1) is 10.1 Å². The second kappa shape index (κ2) is 4.98. The molecule has 0 aliphatic carbocycles. The summed E-state index contributed by atoms with van der Waals surface area (Å²) in [5.74, 6) is -1.60. The summed E-state index contributed by atoms with van der Waals surface area (Å²) in [4.78, 5) is 21.5. The maximum absolute atomic E-state index is 10.8. The van der Waals surface area contributed by atoms with Gasteiger partial charge in [-0.15, -0.1) is 11.8 Å². The molecular weight excluding hydrogens is 230 g/mol. The maximum Gasteiger partial charge on any atom is 0.310 e. The minimum absolute atomic E-state index is 0.0225. The Hall–Kier alpha value is -1.56. The van der Waals surface area contributed by atoms with Gasteiger partial charge >= 0.3 is 5.97 Å². The van der Waals surface area contributed by atoms with Gasteiger partial charge in [0.1, 0.15) is 0 Å². The van der Waals surface area contributed by atoms with Crippen molar-refractivity contribution in [2.45, 2.75) is 17.7 Å². The van der Waals surface area contributed by atoms with Crippen molar-refractivity contribution < 1.29 is 14.8 Å². The van der Waals surface area contributed by atoms with Gasteiger partial charge in [-0.3, -0.25) is 14.9 Å². The summed E-state index contributed by atoms with van der Waals surface area (Å²) in [5.41, 5.74) is 0.580. The van der Waals surface area contributed by atoms with Crippen LogP contribution in [0.15, 0.2) is 23.1 Å². The summed E-state index contributed by atoms with van der Waals surface area (Å²) in [5, 5.41) is 19.5. The Balaban J connectivity index is 3.21. The van der Waals surface area contributed by atoms with Gasteiger partial charge in [0.2, 0.25) is 0 Å². The highest BCUT2D eigenvalue weighted by Gasteiger charge is 2.19. The summed E-state index contributed by atoms with van der Waals surface area (Å²) in [7, 11) is 0. The van der Waals surface area contributed by atoms with Crippen LogP contribution < -0.4 is 0 Å². The number of carboxylic acid groups (broad SMARTS) is 1. The van der Waals surface area contributed by atoms with E-state index in [9.17, 15) is 14.9 Å². The number of nitrogens with zero attached hydrogens (tertiary/aromatic N) is 1. The van der Waals surface area contributed by atoms with Gasteiger partial charge in [-0.05, 0) is 18.7 Å². The number of benzene rings is 1. The zero-order valence-corrected chi connectivity index (χ0v) is 9.65. The van der Waals surface area contributed by atoms with Crippen LogP contribution in [0.3, 0.4) is 0 Å². The minimum Gasteiger partial charge on any atom is -0.481 e. The first-order valence-electron chi connectivity index (χ1n) is 4.52. The van der Waals surface area contributed by atoms with E-state index < -0.39 is 16.8 Å². The summed E-state index contributed by atoms with van der Waals surface area (Å²) >= 11 is 1.30. The van der Waals surface area contributed by atoms with Crippen LogP contribution in [0.25, 0.3) is 0 Å². The average Bonchev–Trinajstić information content (AvgIpc) is 2.26. The molecule has 0 bridgehead atoms. The van der Waals surface area contributed by atoms with E-state index in [1.54, 1.807) is 13.2 Å². The van der Waals surface area contributed by atoms with Crippen molar-refractivity contribution in [2.24, 2.45) is 0 Å². The minimum atomic E-state index is -0.941. The fourth-order valence-electron chi connectivity index (χ4n) is 1.30. The number of nitro groups is 1. The molecule has 0 aliphatic rings. The molecule has 86 valence electrons. The first kappa shape index (κ1) is 12.5. The predicted molar refractivity (Wildman–Crippen MR) is 60.9 cm³/mol. The standard InChI is InChI=1S/C10H11NO4S/c1-6(10(12)13)8-4-3-7(11(14)15)5-9(8)16-2/h3-6H,1-2H3,(H,12,13). The number of rotatable bonds is 4. The van der Waals surface area contributed by atoms with Crippen LogP contribution in [0.1, 0.15) is 18.4 Å². The third-order valence-electron chi connectivity index (χ3n) is 2.26. The molecule has 0 aromatic heterocycles. The number of aliphatic carboxylic acids is 1. The fraction of sp³-hybridized carbons (Fsp3) is 0.300. The lowest BCUT2D eigenvalue weighted by Crippen LogP contribution is -2.08. The van der Waals surface area contributed by atoms with Gasteiger partial charge in [0.15, 0.2) is 0 Å². The molecule has 1 N–H and O–H groups in total. The highest BCUT2D eigenvalue weighted by atomic mass is 32.2. The van der Waals surface area contributed by atoms with Gasteiger partial charge in [0.25, 0.3) is 5.69 Å². The Morgan fingerprint density at radius 3 is 2.62 bits per heavy atom. The lowest BCUT2D eigenvalue weighted by Gasteiger charge is -2.10. The van der Waals surface area contributed by atoms with Crippen molar-refractivity contribution in [3.63, 3.8) is 0 Å². The molecule has 0 saturated carbocycles. The first-order chi connectivity index (χ1) is 7.47. The van der Waals surface area contributed by atoms with Crippen LogP contribution in [-0.4, -0.2) is 22.3 Å². The zero-order valence-electron chi connectivity index (χ0n) is 8.84. The van der Waals surface area contributed by atoms with Gasteiger partial charge < -0.3 is 5.11 Å². The molecule has 1 aromatic carbocycles. The van der Waals surface area contributed by atoms with E-state index in [0.29, 0.717) is 10.5 Å². The topological polar surface area (TPSA) is 80.4 Å². The number of hydrogen-bond acceptors (Lipinski definition) is 4. The van der Waals surface area contributed by atoms with Crippen molar-refractivity contribution in [2.75, 3.05) is 6.26 Å². The second-order valence-corrected chi connectivity index (χ2v) is 4.09. The second-order valence-electron chi connectivity index (χ2n) is 3.24. The molecular formula is C10H11NO4S. The smallest absolute Gasteiger partial charge is 0.310 e. The van der Waals surface area contributed by atoms with E-state index in [1.165, 1.54) is 30.0 Å². The Kier molecular flexibility index (Phi) is 3.89. The average molecular weight is 241 g/mol. The quantitative estimate of drug-likeness (QED) is 0.497. The molecule has 6 heteroatoms. The number of nitro benzene ring substituents is 1. The zero-order chi connectivity index (χ0) is 12.3. The number of hydrogen-bond donors (Lipinski definition) is 1. The van der Waals surface area contributed by atoms with Gasteiger partial charge in [0, 0.05) is 17.0 Å². The SMILES string of the molecule is CSc1cc([N+](=O)[O-])ccc1C(C)C(=O)O. The van der Waals surface area contributed by atoms with E-state index >= 15 is 0 Å². The molecule has 5 nitrogen and oxygen atoms in total. The molecule has 0 amide bonds. The molecule has 0 aliphatic heterocycles. The molecule has 0 spiro atoms. The molecule has 0 radical (unpaired) electrons. The van der Waals surface area contributed by atoms with E-state index in [-0.39, 0.29) is 5.69 Å². The van der Waals surface area contributed by atoms with E-state index in [2.05, 4.69) is 0 Å². The van der Waals surface area contributed by atoms with Crippen molar-refractivity contribution in [3.8, 4) is 0 Å². The number of non-ortho nitro benzene ring substituents is 1. The van der Waals surface area contributed by atoms with Gasteiger partial charge in [0.05, 0.1) is 10.8 Å². The van der Waals surface area contributed by atoms with Crippen LogP contribution in [0.5, 0.6) is 0 Å². The molecule has 1 aromatic rings. The summed E-state index contributed by atoms with van der Waals surface area (Å²) in [6, 6.07) is 4.23. The van der Waals surface area contributed by atoms with Gasteiger partial charge in [-0.2, -0.15) is 0 Å². The maximum atomic E-state index is 10.8. The lowest BCUT2D eigenvalue weighted by molar-refractivity contribution is -0.385. The summed E-state index contributed by atoms with van der Waals surface area (Å²) in [6.07, 6.45) is 1.76. The normalized spacial score (nSPS) is 12.1. The molecule has 16 heavy (non-hydrogen) atoms. The van der Waals surface area contributed by atoms with Gasteiger partial charge in [-0.1, -0.05) is 6.07 Å². The number of carbonyl (C=O) groups is 1. The molecule has 1 atom stereocenters. The monoisotopic (exact) mass is 241 g/mol. The largest absolute Gasteiger partial charge is 0.481 e. The predicted octanol–water partition coefficient (Wildman–Crippen LogP) is 2.50. The highest BCUT2D eigenvalue weighted by Crippen LogP contribution is 2.30. The van der Waals surface area contributed by atoms with Crippen LogP contribution in [0.4, 0.5) is 5.69 Å². The summed E-state index contributed by atoms with van der Waals surface area (Å²) in [6.45, 7) is 1.56. The van der Waals surface area contributed by atoms with Crippen LogP contribution in [-0.2, 0) is 4.79 Å². The Morgan fingerprint density at radius 1 is 1.56 bits per heavy atom. The van der Waals surface area contributed by atoms with Crippen molar-refractivity contribution in [1.82, 2.24) is 0 Å². The van der Waals surface area contributed by atoms with Crippen molar-refractivity contribution >= 4 is 23.4 Å². The molecule has 1 unspecified atom stereocenters. The van der Waals surface area contributed by atoms with Gasteiger partial charge in [-0.25, -0.2) is 0 Å². The molecule has 0 heterocycles. The Labute approximate surface area is 96.6 Å². The number of carboxylic acids is 1. The van der Waals surface area contributed by atoms with E-state index in [1.807, 2.05) is 0 Å². The molecule has 0 saturated heterocycles. The fourth-order valence-corrected chi connectivity index (χ4v) is 2.02. The van der Waals surface area contributed by atoms with Crippen molar-refractivity contribution in [1.29, 1.82) is 0 Å². The van der Waals surface area contributed by atoms with Crippen molar-refractivity contribution in [3.05, 3.63) is 33.9 Å². The van der Waals surface area contributed by atoms with E-state index in [4.69, 9.17) is 5.11 Å². The number of thioether (sulfide) groups is 1. The molecule has 0 fully saturated rings. The Morgan fingerprint density at radius 2 is 2.19 bits per heavy atom. The van der Waals surface area contributed by atoms with Crippen LogP contribution >= 0.6 is 11.8 Å².